The lowest BCUT2D eigenvalue weighted by atomic mass is 10.0. The van der Waals surface area contributed by atoms with Gasteiger partial charge in [-0.15, -0.1) is 0 Å². The first-order valence-corrected chi connectivity index (χ1v) is 8.40. The van der Waals surface area contributed by atoms with Gasteiger partial charge in [0.15, 0.2) is 0 Å². The Bertz CT molecular complexity index is 865. The molecule has 3 aromatic carbocycles. The normalized spacial score (nSPS) is 15.6. The first-order chi connectivity index (χ1) is 11.4. The first-order valence-electron chi connectivity index (χ1n) is 7.59. The van der Waals surface area contributed by atoms with E-state index >= 15 is 0 Å². The zero-order valence-corrected chi connectivity index (χ0v) is 13.3. The van der Waals surface area contributed by atoms with Gasteiger partial charge in [-0.1, -0.05) is 90.6 Å². The van der Waals surface area contributed by atoms with Crippen LogP contribution in [0.4, 0.5) is 5.69 Å². The second-order valence-electron chi connectivity index (χ2n) is 5.29. The lowest BCUT2D eigenvalue weighted by molar-refractivity contribution is 1.53. The SMILES string of the molecule is c1ccc(N=C2SC(c3ccccc3)=C2c2ccccc2)cc1. The van der Waals surface area contributed by atoms with Gasteiger partial charge >= 0.3 is 0 Å². The molecule has 1 aliphatic heterocycles. The van der Waals surface area contributed by atoms with Crippen molar-refractivity contribution < 1.29 is 0 Å². The predicted octanol–water partition coefficient (Wildman–Crippen LogP) is 6.03. The summed E-state index contributed by atoms with van der Waals surface area (Å²) < 4.78 is 0. The third kappa shape index (κ3) is 2.86. The van der Waals surface area contributed by atoms with Gasteiger partial charge in [-0.2, -0.15) is 0 Å². The van der Waals surface area contributed by atoms with Crippen LogP contribution >= 0.6 is 11.8 Å². The number of hydrogen-bond donors (Lipinski definition) is 0. The maximum Gasteiger partial charge on any atom is 0.110 e. The molecular formula is C21H15NS. The van der Waals surface area contributed by atoms with Gasteiger partial charge in [-0.25, -0.2) is 4.99 Å². The molecule has 1 heterocycles. The Balaban J connectivity index is 1.82. The highest BCUT2D eigenvalue weighted by molar-refractivity contribution is 8.26. The number of thioether (sulfide) groups is 1. The smallest absolute Gasteiger partial charge is 0.110 e. The molecule has 0 atom stereocenters. The maximum atomic E-state index is 4.82. The van der Waals surface area contributed by atoms with E-state index in [2.05, 4.69) is 54.6 Å². The molecule has 0 aliphatic carbocycles. The van der Waals surface area contributed by atoms with Crippen LogP contribution in [0.3, 0.4) is 0 Å². The van der Waals surface area contributed by atoms with Crippen LogP contribution < -0.4 is 0 Å². The summed E-state index contributed by atoms with van der Waals surface area (Å²) in [6, 6.07) is 31.2. The van der Waals surface area contributed by atoms with Crippen LogP contribution in [0.1, 0.15) is 11.1 Å². The third-order valence-corrected chi connectivity index (χ3v) is 4.86. The Hall–Kier alpha value is -2.58. The van der Waals surface area contributed by atoms with E-state index in [1.165, 1.54) is 21.6 Å². The zero-order chi connectivity index (χ0) is 15.5. The van der Waals surface area contributed by atoms with Crippen molar-refractivity contribution in [2.24, 2.45) is 4.99 Å². The highest BCUT2D eigenvalue weighted by atomic mass is 32.2. The summed E-state index contributed by atoms with van der Waals surface area (Å²) in [4.78, 5) is 6.12. The molecule has 1 aliphatic rings. The van der Waals surface area contributed by atoms with Gasteiger partial charge < -0.3 is 0 Å². The Morgan fingerprint density at radius 3 is 1.70 bits per heavy atom. The number of aliphatic imine (C=N–C) groups is 1. The summed E-state index contributed by atoms with van der Waals surface area (Å²) in [6.07, 6.45) is 0. The number of nitrogens with zero attached hydrogens (tertiary/aromatic N) is 1. The number of para-hydroxylation sites is 1. The Morgan fingerprint density at radius 1 is 0.565 bits per heavy atom. The Morgan fingerprint density at radius 2 is 1.09 bits per heavy atom. The summed E-state index contributed by atoms with van der Waals surface area (Å²) in [5.41, 5.74) is 4.71. The molecule has 0 amide bonds. The lowest BCUT2D eigenvalue weighted by Crippen LogP contribution is -2.10. The molecule has 3 aromatic rings. The minimum atomic E-state index is 0.996. The van der Waals surface area contributed by atoms with Gasteiger partial charge in [0.2, 0.25) is 0 Å². The molecule has 0 N–H and O–H groups in total. The van der Waals surface area contributed by atoms with Crippen molar-refractivity contribution in [3.8, 4) is 0 Å². The van der Waals surface area contributed by atoms with Crippen molar-refractivity contribution in [1.82, 2.24) is 0 Å². The fraction of sp³-hybridized carbons (Fsp3) is 0. The first kappa shape index (κ1) is 14.0. The second kappa shape index (κ2) is 6.27. The fourth-order valence-electron chi connectivity index (χ4n) is 2.60. The maximum absolute atomic E-state index is 4.82. The number of benzene rings is 3. The van der Waals surface area contributed by atoms with Crippen molar-refractivity contribution in [2.75, 3.05) is 0 Å². The van der Waals surface area contributed by atoms with E-state index in [1.54, 1.807) is 11.8 Å². The third-order valence-electron chi connectivity index (χ3n) is 3.72. The van der Waals surface area contributed by atoms with Crippen molar-refractivity contribution in [2.45, 2.75) is 0 Å². The van der Waals surface area contributed by atoms with Crippen molar-refractivity contribution >= 4 is 33.0 Å². The highest BCUT2D eigenvalue weighted by Gasteiger charge is 2.28. The molecule has 0 bridgehead atoms. The molecule has 0 aromatic heterocycles. The molecular weight excluding hydrogens is 298 g/mol. The van der Waals surface area contributed by atoms with E-state index in [4.69, 9.17) is 4.99 Å². The van der Waals surface area contributed by atoms with Gasteiger partial charge in [0, 0.05) is 10.5 Å². The van der Waals surface area contributed by atoms with E-state index in [1.807, 2.05) is 36.4 Å². The van der Waals surface area contributed by atoms with Crippen LogP contribution in [0.15, 0.2) is 96.0 Å². The molecule has 0 unspecified atom stereocenters. The summed E-state index contributed by atoms with van der Waals surface area (Å²) in [5.74, 6) is 0. The summed E-state index contributed by atoms with van der Waals surface area (Å²) >= 11 is 1.75. The van der Waals surface area contributed by atoms with Crippen molar-refractivity contribution in [1.29, 1.82) is 0 Å². The van der Waals surface area contributed by atoms with Gasteiger partial charge in [0.25, 0.3) is 0 Å². The lowest BCUT2D eigenvalue weighted by Gasteiger charge is -2.26. The minimum Gasteiger partial charge on any atom is -0.241 e. The predicted molar refractivity (Wildman–Crippen MR) is 101 cm³/mol. The molecule has 4 rings (SSSR count). The van der Waals surface area contributed by atoms with Gasteiger partial charge in [-0.05, 0) is 23.3 Å². The van der Waals surface area contributed by atoms with E-state index in [-0.39, 0.29) is 0 Å². The van der Waals surface area contributed by atoms with Crippen LogP contribution in [0.2, 0.25) is 0 Å². The van der Waals surface area contributed by atoms with E-state index in [0.717, 1.165) is 10.7 Å². The number of rotatable bonds is 3. The Kier molecular flexibility index (Phi) is 3.83. The molecule has 23 heavy (non-hydrogen) atoms. The number of hydrogen-bond acceptors (Lipinski definition) is 2. The van der Waals surface area contributed by atoms with E-state index in [9.17, 15) is 0 Å². The highest BCUT2D eigenvalue weighted by Crippen LogP contribution is 2.49. The summed E-state index contributed by atoms with van der Waals surface area (Å²) in [7, 11) is 0. The minimum absolute atomic E-state index is 0.996. The average Bonchev–Trinajstić information content (AvgIpc) is 2.61. The van der Waals surface area contributed by atoms with Crippen LogP contribution in [-0.2, 0) is 0 Å². The molecule has 0 fully saturated rings. The largest absolute Gasteiger partial charge is 0.241 e. The summed E-state index contributed by atoms with van der Waals surface area (Å²) in [5, 5.41) is 1.08. The van der Waals surface area contributed by atoms with Gasteiger partial charge in [-0.3, -0.25) is 0 Å². The molecule has 110 valence electrons. The van der Waals surface area contributed by atoms with Gasteiger partial charge in [0.1, 0.15) is 5.04 Å². The van der Waals surface area contributed by atoms with Gasteiger partial charge in [0.05, 0.1) is 5.69 Å². The molecule has 2 heteroatoms. The Labute approximate surface area is 140 Å². The van der Waals surface area contributed by atoms with Crippen LogP contribution in [0, 0.1) is 0 Å². The van der Waals surface area contributed by atoms with Crippen LogP contribution in [0.25, 0.3) is 10.5 Å². The molecule has 0 saturated heterocycles. The zero-order valence-electron chi connectivity index (χ0n) is 12.5. The average molecular weight is 313 g/mol. The van der Waals surface area contributed by atoms with E-state index in [0.29, 0.717) is 0 Å². The van der Waals surface area contributed by atoms with Crippen molar-refractivity contribution in [3.05, 3.63) is 102 Å². The summed E-state index contributed by atoms with van der Waals surface area (Å²) in [6.45, 7) is 0. The second-order valence-corrected chi connectivity index (χ2v) is 6.29. The van der Waals surface area contributed by atoms with Crippen LogP contribution in [-0.4, -0.2) is 5.04 Å². The molecule has 0 saturated carbocycles. The fourth-order valence-corrected chi connectivity index (χ4v) is 3.68. The van der Waals surface area contributed by atoms with Crippen LogP contribution in [0.5, 0.6) is 0 Å². The standard InChI is InChI=1S/C21H15NS/c1-4-10-16(11-5-1)19-20(17-12-6-2-7-13-17)23-21(19)22-18-14-8-3-9-15-18/h1-15H. The molecule has 0 spiro atoms. The monoisotopic (exact) mass is 313 g/mol. The van der Waals surface area contributed by atoms with E-state index < -0.39 is 0 Å². The quantitative estimate of drug-likeness (QED) is 0.575. The molecule has 1 nitrogen and oxygen atoms in total. The molecule has 0 radical (unpaired) electrons. The topological polar surface area (TPSA) is 12.4 Å². The van der Waals surface area contributed by atoms with Crippen molar-refractivity contribution in [3.63, 3.8) is 0 Å².